The van der Waals surface area contributed by atoms with Crippen molar-refractivity contribution in [2.24, 2.45) is 0 Å². The van der Waals surface area contributed by atoms with Crippen LogP contribution < -0.4 is 0 Å². The molecule has 1 aromatic carbocycles. The second kappa shape index (κ2) is 4.19. The first-order valence-corrected chi connectivity index (χ1v) is 5.80. The smallest absolute Gasteiger partial charge is 0.110 e. The molecule has 0 aliphatic heterocycles. The predicted molar refractivity (Wildman–Crippen MR) is 65.4 cm³/mol. The van der Waals surface area contributed by atoms with E-state index >= 15 is 0 Å². The number of imidazole rings is 1. The summed E-state index contributed by atoms with van der Waals surface area (Å²) < 4.78 is 3.24. The van der Waals surface area contributed by atoms with Crippen LogP contribution in [0.2, 0.25) is 0 Å². The third-order valence-electron chi connectivity index (χ3n) is 2.51. The van der Waals surface area contributed by atoms with Gasteiger partial charge in [-0.05, 0) is 37.1 Å². The molecule has 0 radical (unpaired) electrons. The van der Waals surface area contributed by atoms with Gasteiger partial charge in [0.2, 0.25) is 0 Å². The van der Waals surface area contributed by atoms with E-state index in [0.717, 1.165) is 16.7 Å². The Labute approximate surface area is 98.1 Å². The van der Waals surface area contributed by atoms with Gasteiger partial charge < -0.3 is 4.57 Å². The van der Waals surface area contributed by atoms with E-state index in [-0.39, 0.29) is 0 Å². The Bertz CT molecular complexity index is 474. The highest BCUT2D eigenvalue weighted by Crippen LogP contribution is 2.21. The Hall–Kier alpha value is -1.09. The van der Waals surface area contributed by atoms with Crippen molar-refractivity contribution < 1.29 is 0 Å². The number of aryl methyl sites for hydroxylation is 2. The second-order valence-electron chi connectivity index (χ2n) is 3.47. The molecule has 78 valence electrons. The zero-order valence-corrected chi connectivity index (χ0v) is 10.5. The molecule has 0 saturated heterocycles. The minimum Gasteiger partial charge on any atom is -0.304 e. The number of hydrogen-bond donors (Lipinski definition) is 0. The van der Waals surface area contributed by atoms with Crippen LogP contribution >= 0.6 is 15.9 Å². The van der Waals surface area contributed by atoms with Gasteiger partial charge in [-0.3, -0.25) is 0 Å². The lowest BCUT2D eigenvalue weighted by molar-refractivity contribution is 0.946. The summed E-state index contributed by atoms with van der Waals surface area (Å²) in [4.78, 5) is 4.24. The van der Waals surface area contributed by atoms with Crippen molar-refractivity contribution in [2.75, 3.05) is 0 Å². The first-order valence-electron chi connectivity index (χ1n) is 5.01. The first kappa shape index (κ1) is 10.4. The SMILES string of the molecule is CCc1cc(Br)ccc1-n1ccnc1C. The van der Waals surface area contributed by atoms with Gasteiger partial charge in [0.05, 0.1) is 0 Å². The molecule has 2 aromatic rings. The molecule has 0 unspecified atom stereocenters. The lowest BCUT2D eigenvalue weighted by Gasteiger charge is -2.10. The van der Waals surface area contributed by atoms with Gasteiger partial charge >= 0.3 is 0 Å². The van der Waals surface area contributed by atoms with E-state index in [1.807, 2.05) is 19.3 Å². The molecule has 0 spiro atoms. The molecule has 0 aliphatic rings. The van der Waals surface area contributed by atoms with Crippen LogP contribution in [0.3, 0.4) is 0 Å². The van der Waals surface area contributed by atoms with E-state index < -0.39 is 0 Å². The summed E-state index contributed by atoms with van der Waals surface area (Å²) in [5.74, 6) is 1.02. The molecule has 0 fully saturated rings. The van der Waals surface area contributed by atoms with E-state index in [0.29, 0.717) is 0 Å². The van der Waals surface area contributed by atoms with Crippen molar-refractivity contribution in [1.82, 2.24) is 9.55 Å². The fraction of sp³-hybridized carbons (Fsp3) is 0.250. The number of rotatable bonds is 2. The molecule has 0 N–H and O–H groups in total. The van der Waals surface area contributed by atoms with Crippen molar-refractivity contribution >= 4 is 15.9 Å². The molecule has 0 atom stereocenters. The molecule has 1 heterocycles. The maximum atomic E-state index is 4.24. The molecule has 3 heteroatoms. The average molecular weight is 265 g/mol. The molecule has 2 rings (SSSR count). The highest BCUT2D eigenvalue weighted by Gasteiger charge is 2.05. The second-order valence-corrected chi connectivity index (χ2v) is 4.39. The van der Waals surface area contributed by atoms with Gasteiger partial charge in [0, 0.05) is 22.6 Å². The van der Waals surface area contributed by atoms with Gasteiger partial charge in [-0.25, -0.2) is 4.98 Å². The third-order valence-corrected chi connectivity index (χ3v) is 3.00. The highest BCUT2D eigenvalue weighted by atomic mass is 79.9. The number of halogens is 1. The Morgan fingerprint density at radius 2 is 2.20 bits per heavy atom. The van der Waals surface area contributed by atoms with Crippen LogP contribution in [0.4, 0.5) is 0 Å². The summed E-state index contributed by atoms with van der Waals surface area (Å²) in [6, 6.07) is 6.35. The predicted octanol–water partition coefficient (Wildman–Crippen LogP) is 3.51. The minimum atomic E-state index is 1.02. The molecule has 0 aliphatic carbocycles. The zero-order valence-electron chi connectivity index (χ0n) is 8.87. The van der Waals surface area contributed by atoms with Crippen LogP contribution in [0.1, 0.15) is 18.3 Å². The largest absolute Gasteiger partial charge is 0.304 e. The van der Waals surface area contributed by atoms with Crippen molar-refractivity contribution in [2.45, 2.75) is 20.3 Å². The van der Waals surface area contributed by atoms with Gasteiger partial charge in [0.1, 0.15) is 5.82 Å². The monoisotopic (exact) mass is 264 g/mol. The Kier molecular flexibility index (Phi) is 2.91. The number of aromatic nitrogens is 2. The quantitative estimate of drug-likeness (QED) is 0.812. The average Bonchev–Trinajstić information content (AvgIpc) is 2.64. The van der Waals surface area contributed by atoms with Crippen LogP contribution in [0.25, 0.3) is 5.69 Å². The van der Waals surface area contributed by atoms with Gasteiger partial charge in [-0.15, -0.1) is 0 Å². The summed E-state index contributed by atoms with van der Waals surface area (Å²) >= 11 is 3.49. The summed E-state index contributed by atoms with van der Waals surface area (Å²) in [6.45, 7) is 4.18. The number of hydrogen-bond acceptors (Lipinski definition) is 1. The van der Waals surface area contributed by atoms with Crippen LogP contribution in [0, 0.1) is 6.92 Å². The summed E-state index contributed by atoms with van der Waals surface area (Å²) in [6.07, 6.45) is 4.85. The lowest BCUT2D eigenvalue weighted by Crippen LogP contribution is -1.99. The molecule has 2 nitrogen and oxygen atoms in total. The Balaban J connectivity index is 2.58. The summed E-state index contributed by atoms with van der Waals surface area (Å²) in [7, 11) is 0. The minimum absolute atomic E-state index is 1.02. The molecule has 0 saturated carbocycles. The molecule has 1 aromatic heterocycles. The van der Waals surface area contributed by atoms with E-state index in [4.69, 9.17) is 0 Å². The van der Waals surface area contributed by atoms with Crippen molar-refractivity contribution in [3.63, 3.8) is 0 Å². The van der Waals surface area contributed by atoms with Crippen molar-refractivity contribution in [3.8, 4) is 5.69 Å². The summed E-state index contributed by atoms with van der Waals surface area (Å²) in [5.41, 5.74) is 2.54. The molecule has 0 bridgehead atoms. The van der Waals surface area contributed by atoms with Gasteiger partial charge in [-0.1, -0.05) is 22.9 Å². The maximum Gasteiger partial charge on any atom is 0.110 e. The van der Waals surface area contributed by atoms with Gasteiger partial charge in [0.15, 0.2) is 0 Å². The fourth-order valence-electron chi connectivity index (χ4n) is 1.70. The Morgan fingerprint density at radius 3 is 2.80 bits per heavy atom. The van der Waals surface area contributed by atoms with Crippen LogP contribution in [0.5, 0.6) is 0 Å². The van der Waals surface area contributed by atoms with Gasteiger partial charge in [-0.2, -0.15) is 0 Å². The molecule has 0 amide bonds. The summed E-state index contributed by atoms with van der Waals surface area (Å²) in [5, 5.41) is 0. The van der Waals surface area contributed by atoms with Crippen LogP contribution in [0.15, 0.2) is 35.1 Å². The fourth-order valence-corrected chi connectivity index (χ4v) is 2.11. The van der Waals surface area contributed by atoms with E-state index in [2.05, 4.69) is 50.6 Å². The molecular weight excluding hydrogens is 252 g/mol. The van der Waals surface area contributed by atoms with Gasteiger partial charge in [0.25, 0.3) is 0 Å². The van der Waals surface area contributed by atoms with Crippen LogP contribution in [-0.2, 0) is 6.42 Å². The normalized spacial score (nSPS) is 10.6. The lowest BCUT2D eigenvalue weighted by atomic mass is 10.1. The highest BCUT2D eigenvalue weighted by molar-refractivity contribution is 9.10. The van der Waals surface area contributed by atoms with Crippen molar-refractivity contribution in [1.29, 1.82) is 0 Å². The zero-order chi connectivity index (χ0) is 10.8. The number of benzene rings is 1. The topological polar surface area (TPSA) is 17.8 Å². The van der Waals surface area contributed by atoms with Crippen molar-refractivity contribution in [3.05, 3.63) is 46.5 Å². The standard InChI is InChI=1S/C12H13BrN2/c1-3-10-8-11(13)4-5-12(10)15-7-6-14-9(15)2/h4-8H,3H2,1-2H3. The first-order chi connectivity index (χ1) is 7.22. The number of nitrogens with zero attached hydrogens (tertiary/aromatic N) is 2. The molecule has 15 heavy (non-hydrogen) atoms. The van der Waals surface area contributed by atoms with E-state index in [9.17, 15) is 0 Å². The molecular formula is C12H13BrN2. The van der Waals surface area contributed by atoms with E-state index in [1.165, 1.54) is 11.3 Å². The third kappa shape index (κ3) is 1.97. The van der Waals surface area contributed by atoms with E-state index in [1.54, 1.807) is 0 Å². The Morgan fingerprint density at radius 1 is 1.40 bits per heavy atom. The maximum absolute atomic E-state index is 4.24. The van der Waals surface area contributed by atoms with Crippen LogP contribution in [-0.4, -0.2) is 9.55 Å².